The molecule has 4 amide bonds. The van der Waals surface area contributed by atoms with E-state index in [9.17, 15) is 14.4 Å². The molecule has 1 aromatic heterocycles. The van der Waals surface area contributed by atoms with Gasteiger partial charge in [0.05, 0.1) is 6.54 Å². The molecule has 8 heteroatoms. The van der Waals surface area contributed by atoms with Crippen molar-refractivity contribution in [2.24, 2.45) is 0 Å². The van der Waals surface area contributed by atoms with Gasteiger partial charge >= 0.3 is 6.03 Å². The third kappa shape index (κ3) is 4.04. The molecule has 0 aromatic carbocycles. The average Bonchev–Trinajstić information content (AvgIpc) is 2.80. The van der Waals surface area contributed by atoms with Crippen LogP contribution < -0.4 is 16.0 Å². The molecule has 21 heavy (non-hydrogen) atoms. The second kappa shape index (κ2) is 6.87. The number of carbonyl (C=O) groups is 3. The van der Waals surface area contributed by atoms with Crippen LogP contribution in [0.4, 0.5) is 4.79 Å². The lowest BCUT2D eigenvalue weighted by Crippen LogP contribution is -2.48. The summed E-state index contributed by atoms with van der Waals surface area (Å²) >= 11 is 0. The van der Waals surface area contributed by atoms with Crippen molar-refractivity contribution in [3.05, 3.63) is 18.2 Å². The molecule has 1 saturated heterocycles. The van der Waals surface area contributed by atoms with Crippen molar-refractivity contribution in [3.63, 3.8) is 0 Å². The van der Waals surface area contributed by atoms with Gasteiger partial charge in [-0.05, 0) is 12.8 Å². The van der Waals surface area contributed by atoms with Crippen LogP contribution in [0, 0.1) is 0 Å². The van der Waals surface area contributed by atoms with Crippen molar-refractivity contribution in [2.75, 3.05) is 0 Å². The number of nitrogens with one attached hydrogen (secondary N) is 3. The topological polar surface area (TPSA) is 105 Å². The van der Waals surface area contributed by atoms with E-state index in [0.717, 1.165) is 18.8 Å². The fraction of sp³-hybridized carbons (Fsp3) is 0.538. The standard InChI is InChI=1S/C13H19N5O3/c1-2-6-18-7-5-14-10(18)8-15-12(20)9-3-4-11(19)17-13(21)16-9/h5,7,9H,2-4,6,8H2,1H3,(H,15,20)(H2,16,17,19,21)/t9-/m0/s1. The maximum absolute atomic E-state index is 12.1. The molecule has 0 unspecified atom stereocenters. The predicted octanol–water partition coefficient (Wildman–Crippen LogP) is -0.102. The van der Waals surface area contributed by atoms with E-state index in [1.165, 1.54) is 0 Å². The van der Waals surface area contributed by atoms with Gasteiger partial charge in [-0.3, -0.25) is 14.9 Å². The van der Waals surface area contributed by atoms with Crippen molar-refractivity contribution in [1.29, 1.82) is 0 Å². The summed E-state index contributed by atoms with van der Waals surface area (Å²) in [7, 11) is 0. The van der Waals surface area contributed by atoms with E-state index in [0.29, 0.717) is 6.54 Å². The molecule has 0 radical (unpaired) electrons. The van der Waals surface area contributed by atoms with Crippen LogP contribution in [0.1, 0.15) is 32.0 Å². The molecule has 3 N–H and O–H groups in total. The Bertz CT molecular complexity index is 540. The van der Waals surface area contributed by atoms with Crippen molar-refractivity contribution < 1.29 is 14.4 Å². The van der Waals surface area contributed by atoms with Gasteiger partial charge in [-0.15, -0.1) is 0 Å². The summed E-state index contributed by atoms with van der Waals surface area (Å²) in [5, 5.41) is 7.35. The number of nitrogens with zero attached hydrogens (tertiary/aromatic N) is 2. The van der Waals surface area contributed by atoms with Gasteiger partial charge < -0.3 is 15.2 Å². The Morgan fingerprint density at radius 2 is 2.33 bits per heavy atom. The van der Waals surface area contributed by atoms with Crippen LogP contribution in [-0.4, -0.2) is 33.4 Å². The van der Waals surface area contributed by atoms with Crippen LogP contribution in [0.2, 0.25) is 0 Å². The molecule has 1 aliphatic rings. The zero-order valence-corrected chi connectivity index (χ0v) is 11.9. The molecule has 2 heterocycles. The number of carbonyl (C=O) groups excluding carboxylic acids is 3. The third-order valence-electron chi connectivity index (χ3n) is 3.22. The summed E-state index contributed by atoms with van der Waals surface area (Å²) in [6, 6.07) is -1.34. The van der Waals surface area contributed by atoms with Crippen LogP contribution in [-0.2, 0) is 22.7 Å². The van der Waals surface area contributed by atoms with Crippen LogP contribution in [0.15, 0.2) is 12.4 Å². The van der Waals surface area contributed by atoms with Crippen LogP contribution in [0.3, 0.4) is 0 Å². The molecular formula is C13H19N5O3. The molecule has 0 aliphatic carbocycles. The van der Waals surface area contributed by atoms with Gasteiger partial charge in [0.25, 0.3) is 0 Å². The first-order chi connectivity index (χ1) is 10.1. The Kier molecular flexibility index (Phi) is 4.91. The van der Waals surface area contributed by atoms with Gasteiger partial charge in [0.2, 0.25) is 11.8 Å². The van der Waals surface area contributed by atoms with E-state index >= 15 is 0 Å². The highest BCUT2D eigenvalue weighted by molar-refractivity contribution is 5.98. The van der Waals surface area contributed by atoms with Gasteiger partial charge in [-0.25, -0.2) is 9.78 Å². The van der Waals surface area contributed by atoms with Crippen LogP contribution >= 0.6 is 0 Å². The number of imidazole rings is 1. The number of aromatic nitrogens is 2. The van der Waals surface area contributed by atoms with Gasteiger partial charge in [0, 0.05) is 25.4 Å². The van der Waals surface area contributed by atoms with Gasteiger partial charge in [0.1, 0.15) is 11.9 Å². The number of rotatable bonds is 5. The Morgan fingerprint density at radius 1 is 1.52 bits per heavy atom. The smallest absolute Gasteiger partial charge is 0.322 e. The van der Waals surface area contributed by atoms with Gasteiger partial charge in [-0.1, -0.05) is 6.92 Å². The lowest BCUT2D eigenvalue weighted by atomic mass is 10.1. The van der Waals surface area contributed by atoms with Crippen molar-refractivity contribution in [1.82, 2.24) is 25.5 Å². The average molecular weight is 293 g/mol. The monoisotopic (exact) mass is 293 g/mol. The SMILES string of the molecule is CCCn1ccnc1CNC(=O)[C@@H]1CCC(=O)NC(=O)N1. The highest BCUT2D eigenvalue weighted by Gasteiger charge is 2.25. The molecule has 114 valence electrons. The number of hydrogen-bond acceptors (Lipinski definition) is 4. The summed E-state index contributed by atoms with van der Waals surface area (Å²) < 4.78 is 1.97. The maximum Gasteiger partial charge on any atom is 0.322 e. The highest BCUT2D eigenvalue weighted by Crippen LogP contribution is 2.03. The normalized spacial score (nSPS) is 18.6. The first kappa shape index (κ1) is 15.0. The van der Waals surface area contributed by atoms with Gasteiger partial charge in [0.15, 0.2) is 0 Å². The number of aryl methyl sites for hydroxylation is 1. The van der Waals surface area contributed by atoms with E-state index in [1.54, 1.807) is 6.20 Å². The van der Waals surface area contributed by atoms with Crippen molar-refractivity contribution in [3.8, 4) is 0 Å². The van der Waals surface area contributed by atoms with Crippen molar-refractivity contribution >= 4 is 17.8 Å². The minimum atomic E-state index is -0.703. The molecule has 0 spiro atoms. The second-order valence-electron chi connectivity index (χ2n) is 4.87. The van der Waals surface area contributed by atoms with E-state index in [-0.39, 0.29) is 24.7 Å². The van der Waals surface area contributed by atoms with Gasteiger partial charge in [-0.2, -0.15) is 0 Å². The lowest BCUT2D eigenvalue weighted by Gasteiger charge is -2.15. The molecule has 1 atom stereocenters. The quantitative estimate of drug-likeness (QED) is 0.705. The summed E-state index contributed by atoms with van der Waals surface area (Å²) in [4.78, 5) is 38.8. The highest BCUT2D eigenvalue weighted by atomic mass is 16.2. The fourth-order valence-corrected chi connectivity index (χ4v) is 2.17. The number of amides is 4. The molecule has 1 fully saturated rings. The lowest BCUT2D eigenvalue weighted by molar-refractivity contribution is -0.123. The maximum atomic E-state index is 12.1. The van der Waals surface area contributed by atoms with Crippen molar-refractivity contribution in [2.45, 2.75) is 45.3 Å². The first-order valence-electron chi connectivity index (χ1n) is 6.98. The Labute approximate surface area is 122 Å². The summed E-state index contributed by atoms with van der Waals surface area (Å²) in [5.41, 5.74) is 0. The predicted molar refractivity (Wildman–Crippen MR) is 74.1 cm³/mol. The second-order valence-corrected chi connectivity index (χ2v) is 4.87. The largest absolute Gasteiger partial charge is 0.347 e. The summed E-state index contributed by atoms with van der Waals surface area (Å²) in [6.07, 6.45) is 4.95. The zero-order chi connectivity index (χ0) is 15.2. The fourth-order valence-electron chi connectivity index (χ4n) is 2.17. The summed E-state index contributed by atoms with van der Waals surface area (Å²) in [6.45, 7) is 3.19. The van der Waals surface area contributed by atoms with E-state index in [1.807, 2.05) is 10.8 Å². The molecule has 8 nitrogen and oxygen atoms in total. The number of hydrogen-bond donors (Lipinski definition) is 3. The van der Waals surface area contributed by atoms with E-state index in [2.05, 4.69) is 27.9 Å². The Morgan fingerprint density at radius 3 is 3.10 bits per heavy atom. The Balaban J connectivity index is 1.90. The number of imide groups is 1. The number of urea groups is 1. The first-order valence-corrected chi connectivity index (χ1v) is 6.98. The van der Waals surface area contributed by atoms with E-state index < -0.39 is 12.1 Å². The molecule has 1 aliphatic heterocycles. The molecular weight excluding hydrogens is 274 g/mol. The minimum Gasteiger partial charge on any atom is -0.347 e. The molecule has 2 rings (SSSR count). The van der Waals surface area contributed by atoms with Crippen LogP contribution in [0.5, 0.6) is 0 Å². The minimum absolute atomic E-state index is 0.140. The van der Waals surface area contributed by atoms with Crippen LogP contribution in [0.25, 0.3) is 0 Å². The molecule has 0 saturated carbocycles. The Hall–Kier alpha value is -2.38. The summed E-state index contributed by atoms with van der Waals surface area (Å²) in [5.74, 6) is 0.0755. The zero-order valence-electron chi connectivity index (χ0n) is 11.9. The van der Waals surface area contributed by atoms with E-state index in [4.69, 9.17) is 0 Å². The third-order valence-corrected chi connectivity index (χ3v) is 3.22. The molecule has 1 aromatic rings. The molecule has 0 bridgehead atoms.